The largest absolute Gasteiger partial charge is 0.595 e. The summed E-state index contributed by atoms with van der Waals surface area (Å²) >= 11 is 0. The van der Waals surface area contributed by atoms with Crippen LogP contribution in [0.15, 0.2) is 4.99 Å². The molecule has 0 saturated carbocycles. The van der Waals surface area contributed by atoms with E-state index in [0.29, 0.717) is 6.04 Å². The highest BCUT2D eigenvalue weighted by Gasteiger charge is 2.23. The van der Waals surface area contributed by atoms with Gasteiger partial charge in [0.2, 0.25) is 0 Å². The Kier molecular flexibility index (Phi) is 4.19. The quantitative estimate of drug-likeness (QED) is 0.522. The molecule has 94 valence electrons. The molecule has 0 bridgehead atoms. The van der Waals surface area contributed by atoms with Crippen molar-refractivity contribution in [1.29, 1.82) is 0 Å². The summed E-state index contributed by atoms with van der Waals surface area (Å²) in [7, 11) is 0. The van der Waals surface area contributed by atoms with Crippen LogP contribution in [0.1, 0.15) is 41.0 Å². The number of aliphatic imine (C=N–C) groups is 1. The third-order valence-corrected chi connectivity index (χ3v) is 2.61. The molecule has 1 aliphatic rings. The number of nitrogens with zero attached hydrogens (tertiary/aromatic N) is 2. The Labute approximate surface area is 98.3 Å². The van der Waals surface area contributed by atoms with E-state index in [1.807, 2.05) is 20.8 Å². The van der Waals surface area contributed by atoms with Gasteiger partial charge in [-0.15, -0.1) is 0 Å². The zero-order valence-corrected chi connectivity index (χ0v) is 11.0. The topological polar surface area (TPSA) is 47.9 Å². The minimum Gasteiger partial charge on any atom is -0.595 e. The first-order valence-corrected chi connectivity index (χ1v) is 5.96. The van der Waals surface area contributed by atoms with Gasteiger partial charge in [0.15, 0.2) is 0 Å². The van der Waals surface area contributed by atoms with Crippen LogP contribution in [0, 0.1) is 0 Å². The molecule has 0 radical (unpaired) electrons. The van der Waals surface area contributed by atoms with Crippen molar-refractivity contribution in [2.45, 2.75) is 58.7 Å². The third kappa shape index (κ3) is 4.39. The van der Waals surface area contributed by atoms with Gasteiger partial charge in [0.05, 0.1) is 6.04 Å². The Morgan fingerprint density at radius 3 is 2.50 bits per heavy atom. The maximum absolute atomic E-state index is 11.5. The van der Waals surface area contributed by atoms with Gasteiger partial charge in [-0.3, -0.25) is 9.89 Å². The lowest BCUT2D eigenvalue weighted by molar-refractivity contribution is -0.260. The summed E-state index contributed by atoms with van der Waals surface area (Å²) in [6.45, 7) is 11.8. The van der Waals surface area contributed by atoms with E-state index in [4.69, 9.17) is 4.74 Å². The number of hydrogen-bond donors (Lipinski definition) is 0. The summed E-state index contributed by atoms with van der Waals surface area (Å²) in [5, 5.41) is 11.5. The second-order valence-electron chi connectivity index (χ2n) is 5.64. The highest BCUT2D eigenvalue weighted by atomic mass is 16.6. The minimum absolute atomic E-state index is 0.109. The van der Waals surface area contributed by atoms with Crippen LogP contribution in [0.4, 0.5) is 0 Å². The summed E-state index contributed by atoms with van der Waals surface area (Å²) in [4.78, 5) is 6.42. The van der Waals surface area contributed by atoms with Crippen molar-refractivity contribution in [3.8, 4) is 0 Å². The fourth-order valence-electron chi connectivity index (χ4n) is 1.78. The third-order valence-electron chi connectivity index (χ3n) is 2.61. The van der Waals surface area contributed by atoms with E-state index in [1.165, 1.54) is 0 Å². The Balaban J connectivity index is 2.46. The fourth-order valence-corrected chi connectivity index (χ4v) is 1.78. The highest BCUT2D eigenvalue weighted by molar-refractivity contribution is 5.62. The number of rotatable bonds is 2. The van der Waals surface area contributed by atoms with Gasteiger partial charge < -0.3 is 9.84 Å². The Morgan fingerprint density at radius 2 is 2.06 bits per heavy atom. The van der Waals surface area contributed by atoms with Gasteiger partial charge in [0, 0.05) is 24.7 Å². The van der Waals surface area contributed by atoms with E-state index >= 15 is 0 Å². The van der Waals surface area contributed by atoms with Gasteiger partial charge in [-0.2, -0.15) is 0 Å². The van der Waals surface area contributed by atoms with Crippen LogP contribution >= 0.6 is 0 Å². The lowest BCUT2D eigenvalue weighted by Gasteiger charge is -2.30. The summed E-state index contributed by atoms with van der Waals surface area (Å²) in [6.07, 6.45) is 0.528. The highest BCUT2D eigenvalue weighted by Crippen LogP contribution is 2.16. The second-order valence-corrected chi connectivity index (χ2v) is 5.64. The molecule has 1 fully saturated rings. The lowest BCUT2D eigenvalue weighted by Crippen LogP contribution is -2.34. The smallest absolute Gasteiger partial charge is 0.146 e. The molecule has 0 aliphatic carbocycles. The van der Waals surface area contributed by atoms with E-state index in [-0.39, 0.29) is 6.04 Å². The molecule has 0 unspecified atom stereocenters. The molecule has 4 nitrogen and oxygen atoms in total. The first kappa shape index (κ1) is 13.3. The van der Waals surface area contributed by atoms with Crippen LogP contribution in [0.3, 0.4) is 0 Å². The van der Waals surface area contributed by atoms with Crippen LogP contribution < -0.4 is 5.11 Å². The van der Waals surface area contributed by atoms with Crippen molar-refractivity contribution in [2.24, 2.45) is 4.99 Å². The van der Waals surface area contributed by atoms with E-state index in [0.717, 1.165) is 19.5 Å². The van der Waals surface area contributed by atoms with Crippen molar-refractivity contribution < 1.29 is 9.84 Å². The molecule has 0 amide bonds. The lowest BCUT2D eigenvalue weighted by atomic mass is 10.2. The SMILES string of the molecule is CC(C)N1CC[C@H](N=C([O-])OC(C)(C)C)C1. The molecule has 4 heteroatoms. The minimum atomic E-state index is -0.447. The molecular weight excluding hydrogens is 204 g/mol. The predicted octanol–water partition coefficient (Wildman–Crippen LogP) is 1.00. The van der Waals surface area contributed by atoms with Crippen LogP contribution in [0.5, 0.6) is 0 Å². The Bertz CT molecular complexity index is 256. The van der Waals surface area contributed by atoms with Crippen LogP contribution in [-0.2, 0) is 4.74 Å². The molecule has 0 aromatic carbocycles. The van der Waals surface area contributed by atoms with Crippen LogP contribution in [-0.4, -0.2) is 41.8 Å². The molecule has 1 saturated heterocycles. The van der Waals surface area contributed by atoms with Gasteiger partial charge in [-0.25, -0.2) is 0 Å². The molecule has 1 rings (SSSR count). The van der Waals surface area contributed by atoms with Crippen molar-refractivity contribution in [1.82, 2.24) is 4.90 Å². The van der Waals surface area contributed by atoms with Crippen molar-refractivity contribution in [3.63, 3.8) is 0 Å². The number of ether oxygens (including phenoxy) is 1. The van der Waals surface area contributed by atoms with Gasteiger partial charge in [0.1, 0.15) is 6.08 Å². The summed E-state index contributed by atoms with van der Waals surface area (Å²) in [6, 6.07) is 0.635. The summed E-state index contributed by atoms with van der Waals surface area (Å²) in [5.41, 5.74) is -0.447. The average Bonchev–Trinajstić information content (AvgIpc) is 2.48. The Morgan fingerprint density at radius 1 is 1.44 bits per heavy atom. The maximum Gasteiger partial charge on any atom is 0.146 e. The van der Waals surface area contributed by atoms with E-state index in [2.05, 4.69) is 23.7 Å². The fraction of sp³-hybridized carbons (Fsp3) is 0.917. The molecule has 0 aromatic rings. The number of hydrogen-bond acceptors (Lipinski definition) is 4. The maximum atomic E-state index is 11.5. The van der Waals surface area contributed by atoms with E-state index in [9.17, 15) is 5.11 Å². The average molecular weight is 227 g/mol. The predicted molar refractivity (Wildman–Crippen MR) is 63.4 cm³/mol. The summed E-state index contributed by atoms with van der Waals surface area (Å²) < 4.78 is 5.17. The molecule has 1 heterocycles. The summed E-state index contributed by atoms with van der Waals surface area (Å²) in [5.74, 6) is 0. The Hall–Kier alpha value is -0.770. The molecule has 0 spiro atoms. The van der Waals surface area contributed by atoms with E-state index < -0.39 is 11.7 Å². The van der Waals surface area contributed by atoms with Gasteiger partial charge >= 0.3 is 0 Å². The van der Waals surface area contributed by atoms with Gasteiger partial charge in [-0.1, -0.05) is 20.8 Å². The number of likely N-dealkylation sites (tertiary alicyclic amines) is 1. The molecule has 16 heavy (non-hydrogen) atoms. The zero-order chi connectivity index (χ0) is 12.3. The van der Waals surface area contributed by atoms with Crippen molar-refractivity contribution in [3.05, 3.63) is 0 Å². The molecule has 1 atom stereocenters. The van der Waals surface area contributed by atoms with Gasteiger partial charge in [-0.05, 0) is 20.3 Å². The van der Waals surface area contributed by atoms with Crippen LogP contribution in [0.25, 0.3) is 0 Å². The molecule has 0 aromatic heterocycles. The van der Waals surface area contributed by atoms with Crippen LogP contribution in [0.2, 0.25) is 0 Å². The van der Waals surface area contributed by atoms with Crippen molar-refractivity contribution >= 4 is 6.08 Å². The molecular formula is C12H23N2O2-. The zero-order valence-electron chi connectivity index (χ0n) is 11.0. The first-order chi connectivity index (χ1) is 7.28. The standard InChI is InChI=1S/C12H24N2O2/c1-9(2)14-7-6-10(8-14)13-11(15)16-12(3,4)5/h9-10H,6-8H2,1-5H3,(H,13,15)/p-1/t10-/m0/s1. The second kappa shape index (κ2) is 5.04. The van der Waals surface area contributed by atoms with E-state index in [1.54, 1.807) is 0 Å². The first-order valence-electron chi connectivity index (χ1n) is 5.96. The molecule has 1 aliphatic heterocycles. The van der Waals surface area contributed by atoms with Gasteiger partial charge in [0.25, 0.3) is 0 Å². The monoisotopic (exact) mass is 227 g/mol. The normalized spacial score (nSPS) is 24.1. The van der Waals surface area contributed by atoms with Crippen molar-refractivity contribution in [2.75, 3.05) is 13.1 Å². The molecule has 0 N–H and O–H groups in total.